The lowest BCUT2D eigenvalue weighted by molar-refractivity contribution is -0.122. The van der Waals surface area contributed by atoms with Gasteiger partial charge >= 0.3 is 0 Å². The highest BCUT2D eigenvalue weighted by Gasteiger charge is 2.38. The number of carbonyl (C=O) groups excluding carboxylic acids is 1. The van der Waals surface area contributed by atoms with E-state index in [4.69, 9.17) is 5.26 Å². The number of hydrogen-bond donors (Lipinski definition) is 1. The van der Waals surface area contributed by atoms with E-state index in [1.54, 1.807) is 0 Å². The molecular formula is C13H13BrN2O. The molecule has 1 fully saturated rings. The lowest BCUT2D eigenvalue weighted by Crippen LogP contribution is -2.52. The van der Waals surface area contributed by atoms with E-state index in [1.807, 2.05) is 24.3 Å². The Morgan fingerprint density at radius 2 is 2.29 bits per heavy atom. The zero-order valence-electron chi connectivity index (χ0n) is 9.37. The van der Waals surface area contributed by atoms with Gasteiger partial charge in [0.1, 0.15) is 5.54 Å². The summed E-state index contributed by atoms with van der Waals surface area (Å²) < 4.78 is 0.960. The first-order valence-corrected chi connectivity index (χ1v) is 6.40. The average Bonchev–Trinajstić information content (AvgIpc) is 2.23. The van der Waals surface area contributed by atoms with Gasteiger partial charge in [-0.15, -0.1) is 0 Å². The van der Waals surface area contributed by atoms with Crippen molar-refractivity contribution in [1.29, 1.82) is 5.26 Å². The second kappa shape index (κ2) is 4.89. The second-order valence-electron chi connectivity index (χ2n) is 4.40. The van der Waals surface area contributed by atoms with Crippen LogP contribution >= 0.6 is 15.9 Å². The summed E-state index contributed by atoms with van der Waals surface area (Å²) in [5, 5.41) is 11.9. The Bertz CT molecular complexity index is 475. The molecule has 0 atom stereocenters. The van der Waals surface area contributed by atoms with Crippen LogP contribution in [-0.4, -0.2) is 11.4 Å². The fourth-order valence-electron chi connectivity index (χ4n) is 1.94. The summed E-state index contributed by atoms with van der Waals surface area (Å²) in [5.41, 5.74) is 0.354. The van der Waals surface area contributed by atoms with Crippen LogP contribution < -0.4 is 5.32 Å². The largest absolute Gasteiger partial charge is 0.338 e. The Labute approximate surface area is 109 Å². The minimum atomic E-state index is -0.594. The van der Waals surface area contributed by atoms with E-state index in [1.165, 1.54) is 0 Å². The molecule has 4 heteroatoms. The average molecular weight is 293 g/mol. The first-order valence-electron chi connectivity index (χ1n) is 5.60. The minimum Gasteiger partial charge on any atom is -0.338 e. The molecule has 0 aromatic heterocycles. The van der Waals surface area contributed by atoms with Gasteiger partial charge in [0.15, 0.2) is 0 Å². The second-order valence-corrected chi connectivity index (χ2v) is 5.32. The van der Waals surface area contributed by atoms with Crippen LogP contribution in [0.5, 0.6) is 0 Å². The molecule has 1 saturated carbocycles. The van der Waals surface area contributed by atoms with Crippen molar-refractivity contribution in [2.24, 2.45) is 0 Å². The van der Waals surface area contributed by atoms with Crippen molar-refractivity contribution in [2.45, 2.75) is 31.2 Å². The Hall–Kier alpha value is -1.34. The van der Waals surface area contributed by atoms with E-state index in [2.05, 4.69) is 27.3 Å². The molecule has 0 unspecified atom stereocenters. The van der Waals surface area contributed by atoms with Gasteiger partial charge in [0.25, 0.3) is 0 Å². The van der Waals surface area contributed by atoms with Crippen LogP contribution in [0, 0.1) is 11.3 Å². The van der Waals surface area contributed by atoms with Crippen molar-refractivity contribution in [3.05, 3.63) is 34.3 Å². The molecule has 17 heavy (non-hydrogen) atoms. The van der Waals surface area contributed by atoms with Crippen molar-refractivity contribution >= 4 is 21.8 Å². The van der Waals surface area contributed by atoms with Crippen molar-refractivity contribution in [3.63, 3.8) is 0 Å². The third-order valence-electron chi connectivity index (χ3n) is 3.05. The minimum absolute atomic E-state index is 0.0793. The molecule has 1 amide bonds. The molecule has 0 spiro atoms. The number of hydrogen-bond acceptors (Lipinski definition) is 2. The molecule has 1 aliphatic rings. The molecule has 88 valence electrons. The molecule has 0 saturated heterocycles. The molecule has 3 nitrogen and oxygen atoms in total. The molecule has 0 radical (unpaired) electrons. The maximum absolute atomic E-state index is 11.8. The first-order chi connectivity index (χ1) is 8.13. The summed E-state index contributed by atoms with van der Waals surface area (Å²) in [4.78, 5) is 11.8. The van der Waals surface area contributed by atoms with Gasteiger partial charge in [-0.2, -0.15) is 5.26 Å². The summed E-state index contributed by atoms with van der Waals surface area (Å²) in [6.07, 6.45) is 2.88. The molecule has 1 N–H and O–H groups in total. The predicted molar refractivity (Wildman–Crippen MR) is 68.2 cm³/mol. The number of benzene rings is 1. The van der Waals surface area contributed by atoms with E-state index in [0.717, 1.165) is 29.3 Å². The predicted octanol–water partition coefficient (Wildman–Crippen LogP) is 2.55. The van der Waals surface area contributed by atoms with Crippen LogP contribution in [0.4, 0.5) is 0 Å². The number of amides is 1. The molecule has 1 aromatic carbocycles. The Morgan fingerprint density at radius 1 is 1.53 bits per heavy atom. The quantitative estimate of drug-likeness (QED) is 0.931. The SMILES string of the molecule is N#CC1(NC(=O)Cc2cccc(Br)c2)CCC1. The third kappa shape index (κ3) is 2.86. The zero-order chi connectivity index (χ0) is 12.3. The molecule has 1 aromatic rings. The molecule has 2 rings (SSSR count). The van der Waals surface area contributed by atoms with E-state index in [-0.39, 0.29) is 5.91 Å². The highest BCUT2D eigenvalue weighted by Crippen LogP contribution is 2.30. The van der Waals surface area contributed by atoms with Crippen LogP contribution in [-0.2, 0) is 11.2 Å². The molecular weight excluding hydrogens is 280 g/mol. The van der Waals surface area contributed by atoms with Crippen molar-refractivity contribution in [3.8, 4) is 6.07 Å². The third-order valence-corrected chi connectivity index (χ3v) is 3.55. The lowest BCUT2D eigenvalue weighted by Gasteiger charge is -2.35. The summed E-state index contributed by atoms with van der Waals surface area (Å²) in [7, 11) is 0. The van der Waals surface area contributed by atoms with Crippen LogP contribution in [0.1, 0.15) is 24.8 Å². The first kappa shape index (κ1) is 12.1. The van der Waals surface area contributed by atoms with Gasteiger partial charge in [0.05, 0.1) is 12.5 Å². The summed E-state index contributed by atoms with van der Waals surface area (Å²) in [6, 6.07) is 9.84. The van der Waals surface area contributed by atoms with Crippen LogP contribution in [0.3, 0.4) is 0 Å². The number of nitrogens with zero attached hydrogens (tertiary/aromatic N) is 1. The smallest absolute Gasteiger partial charge is 0.225 e. The summed E-state index contributed by atoms with van der Waals surface area (Å²) in [6.45, 7) is 0. The monoisotopic (exact) mass is 292 g/mol. The normalized spacial score (nSPS) is 16.7. The maximum atomic E-state index is 11.8. The van der Waals surface area contributed by atoms with Gasteiger partial charge in [0, 0.05) is 4.47 Å². The number of halogens is 1. The molecule has 0 bridgehead atoms. The van der Waals surface area contributed by atoms with Crippen LogP contribution in [0.2, 0.25) is 0 Å². The topological polar surface area (TPSA) is 52.9 Å². The van der Waals surface area contributed by atoms with Gasteiger partial charge in [-0.3, -0.25) is 4.79 Å². The lowest BCUT2D eigenvalue weighted by atomic mass is 9.78. The van der Waals surface area contributed by atoms with Crippen molar-refractivity contribution in [2.75, 3.05) is 0 Å². The number of nitriles is 1. The van der Waals surface area contributed by atoms with Gasteiger partial charge in [-0.05, 0) is 37.0 Å². The van der Waals surface area contributed by atoms with E-state index in [9.17, 15) is 4.79 Å². The fraction of sp³-hybridized carbons (Fsp3) is 0.385. The highest BCUT2D eigenvalue weighted by molar-refractivity contribution is 9.10. The standard InChI is InChI=1S/C13H13BrN2O/c14-11-4-1-3-10(7-11)8-12(17)16-13(9-15)5-2-6-13/h1,3-4,7H,2,5-6,8H2,(H,16,17). The fourth-order valence-corrected chi connectivity index (χ4v) is 2.39. The summed E-state index contributed by atoms with van der Waals surface area (Å²) >= 11 is 3.37. The highest BCUT2D eigenvalue weighted by atomic mass is 79.9. The number of carbonyl (C=O) groups is 1. The Morgan fingerprint density at radius 3 is 2.82 bits per heavy atom. The maximum Gasteiger partial charge on any atom is 0.225 e. The zero-order valence-corrected chi connectivity index (χ0v) is 11.0. The van der Waals surface area contributed by atoms with Gasteiger partial charge in [-0.25, -0.2) is 0 Å². The van der Waals surface area contributed by atoms with Gasteiger partial charge in [0.2, 0.25) is 5.91 Å². The van der Waals surface area contributed by atoms with Crippen LogP contribution in [0.15, 0.2) is 28.7 Å². The Kier molecular flexibility index (Phi) is 3.49. The van der Waals surface area contributed by atoms with Crippen LogP contribution in [0.25, 0.3) is 0 Å². The van der Waals surface area contributed by atoms with Crippen molar-refractivity contribution in [1.82, 2.24) is 5.32 Å². The Balaban J connectivity index is 1.96. The number of nitrogens with one attached hydrogen (secondary N) is 1. The molecule has 0 heterocycles. The van der Waals surface area contributed by atoms with Crippen molar-refractivity contribution < 1.29 is 4.79 Å². The van der Waals surface area contributed by atoms with E-state index < -0.39 is 5.54 Å². The van der Waals surface area contributed by atoms with E-state index >= 15 is 0 Å². The van der Waals surface area contributed by atoms with Gasteiger partial charge in [-0.1, -0.05) is 28.1 Å². The molecule has 1 aliphatic carbocycles. The number of rotatable bonds is 3. The van der Waals surface area contributed by atoms with E-state index in [0.29, 0.717) is 6.42 Å². The summed E-state index contributed by atoms with van der Waals surface area (Å²) in [5.74, 6) is -0.0793. The van der Waals surface area contributed by atoms with Gasteiger partial charge < -0.3 is 5.32 Å². The molecule has 0 aliphatic heterocycles.